The fourth-order valence-corrected chi connectivity index (χ4v) is 2.60. The molecule has 0 atom stereocenters. The first-order valence-electron chi connectivity index (χ1n) is 8.98. The lowest BCUT2D eigenvalue weighted by atomic mass is 10.2. The van der Waals surface area contributed by atoms with Crippen molar-refractivity contribution in [2.75, 3.05) is 24.4 Å². The number of benzene rings is 2. The molecule has 150 valence electrons. The van der Waals surface area contributed by atoms with Crippen molar-refractivity contribution in [3.8, 4) is 11.5 Å². The molecule has 0 aliphatic carbocycles. The largest absolute Gasteiger partial charge is 0.497 e. The van der Waals surface area contributed by atoms with E-state index in [4.69, 9.17) is 9.47 Å². The van der Waals surface area contributed by atoms with Crippen molar-refractivity contribution in [2.45, 2.75) is 13.5 Å². The molecule has 2 amide bonds. The topological polar surface area (TPSA) is 94.5 Å². The number of ether oxygens (including phenoxy) is 2. The van der Waals surface area contributed by atoms with Gasteiger partial charge in [0.1, 0.15) is 18.0 Å². The van der Waals surface area contributed by atoms with Crippen LogP contribution in [0.1, 0.15) is 5.56 Å². The molecule has 0 saturated carbocycles. The van der Waals surface area contributed by atoms with Crippen molar-refractivity contribution in [1.82, 2.24) is 9.78 Å². The lowest BCUT2D eigenvalue weighted by Gasteiger charge is -2.08. The molecule has 0 aliphatic heterocycles. The first kappa shape index (κ1) is 19.9. The van der Waals surface area contributed by atoms with Gasteiger partial charge in [-0.25, -0.2) is 0 Å². The summed E-state index contributed by atoms with van der Waals surface area (Å²) in [4.78, 5) is 24.2. The van der Waals surface area contributed by atoms with Crippen LogP contribution >= 0.6 is 0 Å². The van der Waals surface area contributed by atoms with Crippen molar-refractivity contribution in [2.24, 2.45) is 0 Å². The molecule has 3 aromatic rings. The smallest absolute Gasteiger partial charge is 0.262 e. The van der Waals surface area contributed by atoms with E-state index < -0.39 is 0 Å². The Balaban J connectivity index is 1.47. The zero-order valence-corrected chi connectivity index (χ0v) is 16.2. The number of hydrogen-bond acceptors (Lipinski definition) is 5. The van der Waals surface area contributed by atoms with E-state index in [-0.39, 0.29) is 25.0 Å². The molecule has 0 unspecified atom stereocenters. The van der Waals surface area contributed by atoms with Gasteiger partial charge in [-0.05, 0) is 42.8 Å². The minimum Gasteiger partial charge on any atom is -0.497 e. The van der Waals surface area contributed by atoms with Crippen LogP contribution in [0.25, 0.3) is 0 Å². The first-order valence-corrected chi connectivity index (χ1v) is 8.98. The second-order valence-electron chi connectivity index (χ2n) is 6.31. The lowest BCUT2D eigenvalue weighted by Crippen LogP contribution is -2.20. The molecule has 0 bridgehead atoms. The van der Waals surface area contributed by atoms with Gasteiger partial charge in [0.15, 0.2) is 6.61 Å². The molecule has 29 heavy (non-hydrogen) atoms. The van der Waals surface area contributed by atoms with E-state index >= 15 is 0 Å². The molecule has 8 heteroatoms. The number of para-hydroxylation sites is 1. The summed E-state index contributed by atoms with van der Waals surface area (Å²) >= 11 is 0. The van der Waals surface area contributed by atoms with Crippen LogP contribution in [-0.4, -0.2) is 35.3 Å². The molecule has 2 N–H and O–H groups in total. The third-order valence-corrected chi connectivity index (χ3v) is 4.05. The summed E-state index contributed by atoms with van der Waals surface area (Å²) in [6.45, 7) is 1.81. The molecule has 1 heterocycles. The molecule has 0 fully saturated rings. The molecular formula is C21H22N4O4. The summed E-state index contributed by atoms with van der Waals surface area (Å²) in [5.74, 6) is 0.824. The molecule has 8 nitrogen and oxygen atoms in total. The van der Waals surface area contributed by atoms with E-state index in [0.717, 1.165) is 5.56 Å². The van der Waals surface area contributed by atoms with Crippen LogP contribution in [0.3, 0.4) is 0 Å². The van der Waals surface area contributed by atoms with E-state index in [1.807, 2.05) is 31.2 Å². The van der Waals surface area contributed by atoms with E-state index in [9.17, 15) is 9.59 Å². The monoisotopic (exact) mass is 394 g/mol. The van der Waals surface area contributed by atoms with Gasteiger partial charge >= 0.3 is 0 Å². The quantitative estimate of drug-likeness (QED) is 0.613. The highest BCUT2D eigenvalue weighted by molar-refractivity contribution is 5.92. The predicted octanol–water partition coefficient (Wildman–Crippen LogP) is 2.86. The Morgan fingerprint density at radius 2 is 1.72 bits per heavy atom. The number of rotatable bonds is 8. The van der Waals surface area contributed by atoms with Crippen LogP contribution in [0.5, 0.6) is 11.5 Å². The van der Waals surface area contributed by atoms with Gasteiger partial charge in [0, 0.05) is 11.9 Å². The Bertz CT molecular complexity index is 982. The number of amides is 2. The molecular weight excluding hydrogens is 372 g/mol. The van der Waals surface area contributed by atoms with Gasteiger partial charge in [-0.15, -0.1) is 0 Å². The van der Waals surface area contributed by atoms with Crippen LogP contribution in [0.2, 0.25) is 0 Å². The van der Waals surface area contributed by atoms with Gasteiger partial charge in [0.25, 0.3) is 5.91 Å². The average Bonchev–Trinajstić information content (AvgIpc) is 3.14. The average molecular weight is 394 g/mol. The molecule has 0 radical (unpaired) electrons. The van der Waals surface area contributed by atoms with Gasteiger partial charge in [-0.3, -0.25) is 14.3 Å². The fraction of sp³-hybridized carbons (Fsp3) is 0.190. The van der Waals surface area contributed by atoms with E-state index in [0.29, 0.717) is 22.9 Å². The van der Waals surface area contributed by atoms with Crippen molar-refractivity contribution >= 4 is 23.2 Å². The number of anilines is 2. The molecule has 0 spiro atoms. The number of aromatic nitrogens is 2. The maximum atomic E-state index is 12.1. The molecule has 0 aliphatic rings. The van der Waals surface area contributed by atoms with Gasteiger partial charge in [0.2, 0.25) is 5.91 Å². The summed E-state index contributed by atoms with van der Waals surface area (Å²) in [6.07, 6.45) is 3.06. The molecule has 0 saturated heterocycles. The summed E-state index contributed by atoms with van der Waals surface area (Å²) in [5, 5.41) is 9.56. The minimum atomic E-state index is -0.310. The third-order valence-electron chi connectivity index (χ3n) is 4.05. The van der Waals surface area contributed by atoms with E-state index in [1.165, 1.54) is 10.9 Å². The summed E-state index contributed by atoms with van der Waals surface area (Å²) in [5.41, 5.74) is 2.10. The van der Waals surface area contributed by atoms with Crippen molar-refractivity contribution < 1.29 is 19.1 Å². The summed E-state index contributed by atoms with van der Waals surface area (Å²) < 4.78 is 12.0. The standard InChI is InChI=1S/C21H22N4O4/c1-15-5-3-4-6-19(15)29-14-21(27)24-17-11-22-25(12-17)13-20(26)23-16-7-9-18(28-2)10-8-16/h3-12H,13-14H2,1-2H3,(H,23,26)(H,24,27). The zero-order chi connectivity index (χ0) is 20.6. The van der Waals surface area contributed by atoms with Crippen molar-refractivity contribution in [1.29, 1.82) is 0 Å². The highest BCUT2D eigenvalue weighted by Gasteiger charge is 2.09. The van der Waals surface area contributed by atoms with Crippen LogP contribution < -0.4 is 20.1 Å². The maximum absolute atomic E-state index is 12.1. The summed E-state index contributed by atoms with van der Waals surface area (Å²) in [7, 11) is 1.58. The van der Waals surface area contributed by atoms with Gasteiger partial charge in [-0.2, -0.15) is 5.10 Å². The Morgan fingerprint density at radius 3 is 2.45 bits per heavy atom. The predicted molar refractivity (Wildman–Crippen MR) is 109 cm³/mol. The normalized spacial score (nSPS) is 10.3. The van der Waals surface area contributed by atoms with E-state index in [1.54, 1.807) is 37.6 Å². The number of nitrogens with one attached hydrogen (secondary N) is 2. The number of hydrogen-bond donors (Lipinski definition) is 2. The second-order valence-corrected chi connectivity index (χ2v) is 6.31. The number of carbonyl (C=O) groups excluding carboxylic acids is 2. The number of aryl methyl sites for hydroxylation is 1. The first-order chi connectivity index (χ1) is 14.0. The fourth-order valence-electron chi connectivity index (χ4n) is 2.60. The van der Waals surface area contributed by atoms with E-state index in [2.05, 4.69) is 15.7 Å². The third kappa shape index (κ3) is 5.83. The SMILES string of the molecule is COc1ccc(NC(=O)Cn2cc(NC(=O)COc3ccccc3C)cn2)cc1. The Morgan fingerprint density at radius 1 is 1.00 bits per heavy atom. The maximum Gasteiger partial charge on any atom is 0.262 e. The number of methoxy groups -OCH3 is 1. The summed E-state index contributed by atoms with van der Waals surface area (Å²) in [6, 6.07) is 14.5. The van der Waals surface area contributed by atoms with Crippen molar-refractivity contribution in [3.63, 3.8) is 0 Å². The van der Waals surface area contributed by atoms with Gasteiger partial charge in [0.05, 0.1) is 19.0 Å². The van der Waals surface area contributed by atoms with Gasteiger partial charge < -0.3 is 20.1 Å². The number of carbonyl (C=O) groups is 2. The highest BCUT2D eigenvalue weighted by atomic mass is 16.5. The Kier molecular flexibility index (Phi) is 6.47. The molecule has 3 rings (SSSR count). The molecule has 2 aromatic carbocycles. The zero-order valence-electron chi connectivity index (χ0n) is 16.2. The van der Waals surface area contributed by atoms with Crippen LogP contribution in [0.4, 0.5) is 11.4 Å². The van der Waals surface area contributed by atoms with Crippen LogP contribution in [-0.2, 0) is 16.1 Å². The number of nitrogens with zero attached hydrogens (tertiary/aromatic N) is 2. The molecule has 1 aromatic heterocycles. The van der Waals surface area contributed by atoms with Crippen LogP contribution in [0, 0.1) is 6.92 Å². The minimum absolute atomic E-state index is 0.0155. The van der Waals surface area contributed by atoms with Gasteiger partial charge in [-0.1, -0.05) is 18.2 Å². The van der Waals surface area contributed by atoms with Crippen LogP contribution in [0.15, 0.2) is 60.9 Å². The Labute approximate surface area is 168 Å². The second kappa shape index (κ2) is 9.41. The highest BCUT2D eigenvalue weighted by Crippen LogP contribution is 2.16. The van der Waals surface area contributed by atoms with Crippen molar-refractivity contribution in [3.05, 3.63) is 66.5 Å². The lowest BCUT2D eigenvalue weighted by molar-refractivity contribution is -0.118. The Hall–Kier alpha value is -3.81.